The third-order valence-electron chi connectivity index (χ3n) is 4.07. The Bertz CT molecular complexity index is 787. The minimum absolute atomic E-state index is 0. The molecule has 0 saturated heterocycles. The van der Waals surface area contributed by atoms with Gasteiger partial charge in [0, 0.05) is 0 Å². The van der Waals surface area contributed by atoms with Crippen LogP contribution in [0.1, 0.15) is 22.3 Å². The summed E-state index contributed by atoms with van der Waals surface area (Å²) in [4.78, 5) is 14.5. The van der Waals surface area contributed by atoms with Gasteiger partial charge in [0.1, 0.15) is 0 Å². The molecule has 2 heterocycles. The van der Waals surface area contributed by atoms with E-state index in [1.165, 1.54) is 22.3 Å². The quantitative estimate of drug-likeness (QED) is 0.436. The number of hydrogen-bond donors (Lipinski definition) is 2. The molecular weight excluding hydrogens is 373 g/mol. The van der Waals surface area contributed by atoms with Crippen LogP contribution in [0.15, 0.2) is 36.9 Å². The van der Waals surface area contributed by atoms with Crippen LogP contribution in [-0.4, -0.2) is 19.9 Å². The maximum Gasteiger partial charge on any atom is 3.00 e. The van der Waals surface area contributed by atoms with E-state index < -0.39 is 0 Å². The third-order valence-corrected chi connectivity index (χ3v) is 4.07. The zero-order chi connectivity index (χ0) is 15.7. The summed E-state index contributed by atoms with van der Waals surface area (Å²) in [5.41, 5.74) is 9.54. The van der Waals surface area contributed by atoms with Crippen LogP contribution < -0.4 is 0 Å². The van der Waals surface area contributed by atoms with E-state index in [4.69, 9.17) is 0 Å². The van der Waals surface area contributed by atoms with Gasteiger partial charge in [0.25, 0.3) is 0 Å². The van der Waals surface area contributed by atoms with Crippen molar-refractivity contribution in [3.8, 4) is 0 Å². The van der Waals surface area contributed by atoms with Gasteiger partial charge in [-0.15, -0.1) is 0 Å². The number of imidazole rings is 2. The number of aryl methyl sites for hydroxylation is 4. The first-order valence-corrected chi connectivity index (χ1v) is 7.35. The molecule has 23 heavy (non-hydrogen) atoms. The van der Waals surface area contributed by atoms with Crippen LogP contribution in [0.4, 0.5) is 0 Å². The van der Waals surface area contributed by atoms with Gasteiger partial charge < -0.3 is 9.97 Å². The zero-order valence-corrected chi connectivity index (χ0v) is 15.5. The molecule has 1 radical (unpaired) electrons. The van der Waals surface area contributed by atoms with Gasteiger partial charge in [-0.2, -0.15) is 0 Å². The fourth-order valence-corrected chi connectivity index (χ4v) is 2.39. The van der Waals surface area contributed by atoms with Crippen LogP contribution in [0.25, 0.3) is 22.1 Å². The average Bonchev–Trinajstić information content (AvgIpc) is 3.09. The first-order valence-electron chi connectivity index (χ1n) is 7.35. The van der Waals surface area contributed by atoms with Gasteiger partial charge in [-0.3, -0.25) is 0 Å². The van der Waals surface area contributed by atoms with Crippen LogP contribution >= 0.6 is 0 Å². The second kappa shape index (κ2) is 7.05. The number of H-pyrrole nitrogens is 2. The Balaban J connectivity index is 0.000000160. The Hall–Kier alpha value is -2.00. The van der Waals surface area contributed by atoms with Crippen molar-refractivity contribution in [2.45, 2.75) is 27.7 Å². The molecular formula is C18H20N4Ru+3. The summed E-state index contributed by atoms with van der Waals surface area (Å²) in [6.45, 7) is 8.41. The van der Waals surface area contributed by atoms with Crippen molar-refractivity contribution in [1.82, 2.24) is 19.9 Å². The molecule has 5 heteroatoms. The van der Waals surface area contributed by atoms with Crippen molar-refractivity contribution in [1.29, 1.82) is 0 Å². The number of nitrogens with zero attached hydrogens (tertiary/aromatic N) is 2. The summed E-state index contributed by atoms with van der Waals surface area (Å²) >= 11 is 0. The third kappa shape index (κ3) is 3.67. The van der Waals surface area contributed by atoms with E-state index in [9.17, 15) is 0 Å². The normalized spacial score (nSPS) is 10.3. The summed E-state index contributed by atoms with van der Waals surface area (Å²) in [6, 6.07) is 8.44. The molecule has 2 aromatic heterocycles. The Kier molecular flexibility index (Phi) is 5.32. The van der Waals surface area contributed by atoms with Crippen molar-refractivity contribution in [2.75, 3.05) is 0 Å². The predicted molar refractivity (Wildman–Crippen MR) is 91.1 cm³/mol. The molecule has 0 saturated carbocycles. The van der Waals surface area contributed by atoms with Crippen LogP contribution in [-0.2, 0) is 19.5 Å². The van der Waals surface area contributed by atoms with E-state index in [0.717, 1.165) is 22.1 Å². The molecule has 2 N–H and O–H groups in total. The molecule has 117 valence electrons. The van der Waals surface area contributed by atoms with Crippen molar-refractivity contribution in [2.24, 2.45) is 0 Å². The molecule has 0 unspecified atom stereocenters. The second-order valence-electron chi connectivity index (χ2n) is 5.71. The number of nitrogens with one attached hydrogen (secondary N) is 2. The summed E-state index contributed by atoms with van der Waals surface area (Å²) in [5.74, 6) is 0. The van der Waals surface area contributed by atoms with Gasteiger partial charge in [0.2, 0.25) is 0 Å². The molecule has 0 aliphatic rings. The van der Waals surface area contributed by atoms with Crippen molar-refractivity contribution in [3.05, 3.63) is 59.2 Å². The Morgan fingerprint density at radius 1 is 0.609 bits per heavy atom. The number of hydrogen-bond acceptors (Lipinski definition) is 2. The molecule has 0 fully saturated rings. The monoisotopic (exact) mass is 394 g/mol. The first kappa shape index (κ1) is 17.4. The van der Waals surface area contributed by atoms with Gasteiger partial charge in [-0.25, -0.2) is 9.97 Å². The van der Waals surface area contributed by atoms with Crippen LogP contribution in [0.2, 0.25) is 0 Å². The first-order chi connectivity index (χ1) is 10.5. The summed E-state index contributed by atoms with van der Waals surface area (Å²) in [6.07, 6.45) is 3.45. The van der Waals surface area contributed by atoms with E-state index in [-0.39, 0.29) is 19.5 Å². The Morgan fingerprint density at radius 3 is 1.35 bits per heavy atom. The fourth-order valence-electron chi connectivity index (χ4n) is 2.39. The number of rotatable bonds is 0. The Morgan fingerprint density at radius 2 is 0.957 bits per heavy atom. The molecule has 2 aromatic carbocycles. The van der Waals surface area contributed by atoms with E-state index in [1.54, 1.807) is 12.7 Å². The van der Waals surface area contributed by atoms with Crippen LogP contribution in [0.3, 0.4) is 0 Å². The van der Waals surface area contributed by atoms with Gasteiger partial charge in [0.05, 0.1) is 34.7 Å². The van der Waals surface area contributed by atoms with Crippen LogP contribution in [0, 0.1) is 27.7 Å². The fraction of sp³-hybridized carbons (Fsp3) is 0.222. The van der Waals surface area contributed by atoms with Crippen molar-refractivity contribution >= 4 is 22.1 Å². The van der Waals surface area contributed by atoms with Gasteiger partial charge in [-0.1, -0.05) is 0 Å². The van der Waals surface area contributed by atoms with Gasteiger partial charge in [0.15, 0.2) is 0 Å². The molecule has 4 aromatic rings. The standard InChI is InChI=1S/2C9H10N2.Ru/c2*1-6-3-8-9(4-7(6)2)11-5-10-8;/h2*3-5H,1-2H3,(H,10,11);/q;;+3. The number of aromatic nitrogens is 4. The minimum atomic E-state index is 0. The smallest absolute Gasteiger partial charge is 0.345 e. The number of fused-ring (bicyclic) bond motifs is 2. The van der Waals surface area contributed by atoms with E-state index >= 15 is 0 Å². The maximum absolute atomic E-state index is 4.17. The molecule has 0 spiro atoms. The zero-order valence-electron chi connectivity index (χ0n) is 13.7. The summed E-state index contributed by atoms with van der Waals surface area (Å²) < 4.78 is 0. The predicted octanol–water partition coefficient (Wildman–Crippen LogP) is 4.36. The summed E-state index contributed by atoms with van der Waals surface area (Å²) in [7, 11) is 0. The van der Waals surface area contributed by atoms with Crippen LogP contribution in [0.5, 0.6) is 0 Å². The van der Waals surface area contributed by atoms with E-state index in [0.29, 0.717) is 0 Å². The number of aromatic amines is 2. The molecule has 0 aliphatic heterocycles. The second-order valence-corrected chi connectivity index (χ2v) is 5.71. The Labute approximate surface area is 148 Å². The van der Waals surface area contributed by atoms with E-state index in [1.807, 2.05) is 0 Å². The topological polar surface area (TPSA) is 57.4 Å². The number of benzene rings is 2. The van der Waals surface area contributed by atoms with Crippen molar-refractivity contribution in [3.63, 3.8) is 0 Å². The van der Waals surface area contributed by atoms with E-state index in [2.05, 4.69) is 71.9 Å². The van der Waals surface area contributed by atoms with Gasteiger partial charge in [-0.05, 0) is 74.2 Å². The summed E-state index contributed by atoms with van der Waals surface area (Å²) in [5, 5.41) is 0. The van der Waals surface area contributed by atoms with Gasteiger partial charge >= 0.3 is 19.5 Å². The average molecular weight is 393 g/mol. The molecule has 0 amide bonds. The molecule has 0 aliphatic carbocycles. The van der Waals surface area contributed by atoms with Crippen molar-refractivity contribution < 1.29 is 19.5 Å². The molecule has 0 atom stereocenters. The maximum atomic E-state index is 4.17. The molecule has 4 nitrogen and oxygen atoms in total. The SMILES string of the molecule is Cc1cc2nc[nH]c2cc1C.Cc1cc2nc[nH]c2cc1C.[Ru+3]. The largest absolute Gasteiger partial charge is 3.00 e. The molecule has 4 rings (SSSR count). The molecule has 0 bridgehead atoms. The minimum Gasteiger partial charge on any atom is -0.345 e.